The van der Waals surface area contributed by atoms with Crippen molar-refractivity contribution in [2.24, 2.45) is 5.41 Å². The van der Waals surface area contributed by atoms with Gasteiger partial charge in [0.15, 0.2) is 0 Å². The summed E-state index contributed by atoms with van der Waals surface area (Å²) in [7, 11) is 2.24. The summed E-state index contributed by atoms with van der Waals surface area (Å²) in [5.74, 6) is 0. The van der Waals surface area contributed by atoms with Crippen LogP contribution >= 0.6 is 0 Å². The molecule has 2 heterocycles. The van der Waals surface area contributed by atoms with Gasteiger partial charge in [-0.2, -0.15) is 0 Å². The molecule has 1 unspecified atom stereocenters. The Hall–Kier alpha value is -0.120. The van der Waals surface area contributed by atoms with Gasteiger partial charge in [-0.1, -0.05) is 6.92 Å². The van der Waals surface area contributed by atoms with E-state index in [4.69, 9.17) is 0 Å². The fourth-order valence-electron chi connectivity index (χ4n) is 3.00. The van der Waals surface area contributed by atoms with Gasteiger partial charge < -0.3 is 10.2 Å². The van der Waals surface area contributed by atoms with Crippen LogP contribution < -0.4 is 5.32 Å². The van der Waals surface area contributed by atoms with Crippen LogP contribution in [0.5, 0.6) is 0 Å². The van der Waals surface area contributed by atoms with Crippen LogP contribution in [0.1, 0.15) is 26.7 Å². The molecule has 2 aliphatic rings. The van der Waals surface area contributed by atoms with Crippen LogP contribution in [0.25, 0.3) is 0 Å². The summed E-state index contributed by atoms with van der Waals surface area (Å²) in [6.45, 7) is 12.3. The zero-order valence-corrected chi connectivity index (χ0v) is 11.1. The third-order valence-corrected chi connectivity index (χ3v) is 4.46. The molecule has 3 heteroatoms. The second-order valence-electron chi connectivity index (χ2n) is 6.13. The minimum absolute atomic E-state index is 0.556. The molecule has 2 aliphatic heterocycles. The molecule has 1 atom stereocenters. The smallest absolute Gasteiger partial charge is 0.0192 e. The molecule has 16 heavy (non-hydrogen) atoms. The second-order valence-corrected chi connectivity index (χ2v) is 6.13. The fraction of sp³-hybridized carbons (Fsp3) is 1.00. The lowest BCUT2D eigenvalue weighted by atomic mass is 9.80. The predicted octanol–water partition coefficient (Wildman–Crippen LogP) is 1.01. The quantitative estimate of drug-likeness (QED) is 0.757. The molecule has 3 nitrogen and oxygen atoms in total. The minimum Gasteiger partial charge on any atom is -0.317 e. The monoisotopic (exact) mass is 225 g/mol. The van der Waals surface area contributed by atoms with Crippen molar-refractivity contribution in [1.29, 1.82) is 0 Å². The van der Waals surface area contributed by atoms with Gasteiger partial charge in [0.2, 0.25) is 0 Å². The Morgan fingerprint density at radius 1 is 1.25 bits per heavy atom. The predicted molar refractivity (Wildman–Crippen MR) is 68.7 cm³/mol. The van der Waals surface area contributed by atoms with Crippen LogP contribution in [-0.2, 0) is 0 Å². The molecule has 2 fully saturated rings. The number of piperidine rings is 1. The van der Waals surface area contributed by atoms with E-state index in [9.17, 15) is 0 Å². The minimum atomic E-state index is 0.556. The summed E-state index contributed by atoms with van der Waals surface area (Å²) in [5.41, 5.74) is 0.556. The van der Waals surface area contributed by atoms with E-state index in [1.54, 1.807) is 0 Å². The number of piperazine rings is 1. The first-order valence-electron chi connectivity index (χ1n) is 6.72. The SMILES string of the molecule is CC1CN(CC2(C)CCNCC2)CCN1C. The van der Waals surface area contributed by atoms with Crippen molar-refractivity contribution in [3.8, 4) is 0 Å². The first kappa shape index (κ1) is 12.3. The van der Waals surface area contributed by atoms with Gasteiger partial charge in [-0.05, 0) is 45.3 Å². The van der Waals surface area contributed by atoms with Gasteiger partial charge in [-0.15, -0.1) is 0 Å². The zero-order chi connectivity index (χ0) is 11.6. The molecule has 0 aromatic heterocycles. The van der Waals surface area contributed by atoms with Crippen LogP contribution in [0.2, 0.25) is 0 Å². The van der Waals surface area contributed by atoms with Crippen LogP contribution in [0.3, 0.4) is 0 Å². The van der Waals surface area contributed by atoms with Gasteiger partial charge in [0.1, 0.15) is 0 Å². The lowest BCUT2D eigenvalue weighted by Crippen LogP contribution is -2.53. The van der Waals surface area contributed by atoms with Crippen molar-refractivity contribution in [2.45, 2.75) is 32.7 Å². The molecule has 94 valence electrons. The van der Waals surface area contributed by atoms with E-state index >= 15 is 0 Å². The molecule has 0 radical (unpaired) electrons. The number of likely N-dealkylation sites (N-methyl/N-ethyl adjacent to an activating group) is 1. The van der Waals surface area contributed by atoms with Crippen LogP contribution in [0, 0.1) is 5.41 Å². The first-order valence-corrected chi connectivity index (χ1v) is 6.72. The van der Waals surface area contributed by atoms with Crippen molar-refractivity contribution in [3.63, 3.8) is 0 Å². The number of rotatable bonds is 2. The topological polar surface area (TPSA) is 18.5 Å². The Morgan fingerprint density at radius 3 is 2.56 bits per heavy atom. The highest BCUT2D eigenvalue weighted by atomic mass is 15.3. The molecular formula is C13H27N3. The van der Waals surface area contributed by atoms with E-state index in [-0.39, 0.29) is 0 Å². The van der Waals surface area contributed by atoms with E-state index < -0.39 is 0 Å². The van der Waals surface area contributed by atoms with E-state index in [0.717, 1.165) is 6.04 Å². The van der Waals surface area contributed by atoms with Crippen molar-refractivity contribution in [3.05, 3.63) is 0 Å². The second kappa shape index (κ2) is 5.03. The van der Waals surface area contributed by atoms with E-state index in [0.29, 0.717) is 5.41 Å². The number of nitrogens with zero attached hydrogens (tertiary/aromatic N) is 2. The highest BCUT2D eigenvalue weighted by molar-refractivity contribution is 4.86. The Bertz CT molecular complexity index is 223. The van der Waals surface area contributed by atoms with E-state index in [1.165, 1.54) is 52.1 Å². The number of nitrogens with one attached hydrogen (secondary N) is 1. The molecule has 2 saturated heterocycles. The number of hydrogen-bond donors (Lipinski definition) is 1. The Balaban J connectivity index is 1.84. The average molecular weight is 225 g/mol. The largest absolute Gasteiger partial charge is 0.317 e. The van der Waals surface area contributed by atoms with Crippen molar-refractivity contribution >= 4 is 0 Å². The fourth-order valence-corrected chi connectivity index (χ4v) is 3.00. The van der Waals surface area contributed by atoms with E-state index in [2.05, 4.69) is 36.0 Å². The average Bonchev–Trinajstić information content (AvgIpc) is 2.24. The summed E-state index contributed by atoms with van der Waals surface area (Å²) in [6, 6.07) is 0.721. The summed E-state index contributed by atoms with van der Waals surface area (Å²) in [4.78, 5) is 5.15. The number of hydrogen-bond acceptors (Lipinski definition) is 3. The van der Waals surface area contributed by atoms with Crippen LogP contribution in [-0.4, -0.2) is 62.2 Å². The van der Waals surface area contributed by atoms with E-state index in [1.807, 2.05) is 0 Å². The molecule has 1 N–H and O–H groups in total. The molecule has 0 aromatic carbocycles. The lowest BCUT2D eigenvalue weighted by Gasteiger charge is -2.43. The normalized spacial score (nSPS) is 32.8. The maximum atomic E-state index is 3.47. The summed E-state index contributed by atoms with van der Waals surface area (Å²) >= 11 is 0. The highest BCUT2D eigenvalue weighted by Gasteiger charge is 2.31. The Labute approximate surface area is 100 Å². The maximum Gasteiger partial charge on any atom is 0.0192 e. The molecule has 0 aliphatic carbocycles. The highest BCUT2D eigenvalue weighted by Crippen LogP contribution is 2.29. The van der Waals surface area contributed by atoms with Crippen molar-refractivity contribution in [2.75, 3.05) is 46.3 Å². The van der Waals surface area contributed by atoms with Crippen molar-refractivity contribution < 1.29 is 0 Å². The standard InChI is InChI=1S/C13H27N3/c1-12-10-16(9-8-15(12)3)11-13(2)4-6-14-7-5-13/h12,14H,4-11H2,1-3H3. The summed E-state index contributed by atoms with van der Waals surface area (Å²) in [5, 5.41) is 3.47. The first-order chi connectivity index (χ1) is 7.59. The third kappa shape index (κ3) is 2.96. The summed E-state index contributed by atoms with van der Waals surface area (Å²) < 4.78 is 0. The van der Waals surface area contributed by atoms with Gasteiger partial charge in [0.05, 0.1) is 0 Å². The van der Waals surface area contributed by atoms with Gasteiger partial charge in [0, 0.05) is 32.2 Å². The van der Waals surface area contributed by atoms with Crippen LogP contribution in [0.4, 0.5) is 0 Å². The lowest BCUT2D eigenvalue weighted by molar-refractivity contribution is 0.0581. The Morgan fingerprint density at radius 2 is 1.94 bits per heavy atom. The van der Waals surface area contributed by atoms with Crippen molar-refractivity contribution in [1.82, 2.24) is 15.1 Å². The van der Waals surface area contributed by atoms with Crippen LogP contribution in [0.15, 0.2) is 0 Å². The Kier molecular flexibility index (Phi) is 3.88. The molecule has 2 rings (SSSR count). The molecule has 0 spiro atoms. The molecule has 0 amide bonds. The molecule has 0 saturated carbocycles. The molecule has 0 aromatic rings. The van der Waals surface area contributed by atoms with Gasteiger partial charge >= 0.3 is 0 Å². The summed E-state index contributed by atoms with van der Waals surface area (Å²) in [6.07, 6.45) is 2.68. The maximum absolute atomic E-state index is 3.47. The van der Waals surface area contributed by atoms with Gasteiger partial charge in [0.25, 0.3) is 0 Å². The molecular weight excluding hydrogens is 198 g/mol. The van der Waals surface area contributed by atoms with Gasteiger partial charge in [-0.25, -0.2) is 0 Å². The zero-order valence-electron chi connectivity index (χ0n) is 11.1. The van der Waals surface area contributed by atoms with Gasteiger partial charge in [-0.3, -0.25) is 4.90 Å². The molecule has 0 bridgehead atoms. The third-order valence-electron chi connectivity index (χ3n) is 4.46.